The summed E-state index contributed by atoms with van der Waals surface area (Å²) in [5.41, 5.74) is 0.515. The highest BCUT2D eigenvalue weighted by Crippen LogP contribution is 2.25. The molecule has 0 saturated carbocycles. The molecule has 0 atom stereocenters. The number of nitrogens with one attached hydrogen (secondary N) is 1. The summed E-state index contributed by atoms with van der Waals surface area (Å²) in [5, 5.41) is 15.6. The Morgan fingerprint density at radius 3 is 3.10 bits per heavy atom. The number of ether oxygens (including phenoxy) is 1. The maximum absolute atomic E-state index is 12.5. The highest BCUT2D eigenvalue weighted by molar-refractivity contribution is 7.12. The monoisotopic (exact) mass is 293 g/mol. The van der Waals surface area contributed by atoms with Crippen LogP contribution >= 0.6 is 11.3 Å². The molecule has 3 heterocycles. The molecule has 2 aromatic rings. The lowest BCUT2D eigenvalue weighted by Gasteiger charge is -2.37. The Labute approximate surface area is 119 Å². The molecule has 1 saturated heterocycles. The standard InChI is InChI=1S/C12H15N5O2S/c1-12(2)7-17(3-4-19-12)11(18)9-5-8(6-20-9)10-13-15-16-14-10/h5-6H,3-4,7H2,1-2H3,(H,13,14,15,16). The van der Waals surface area contributed by atoms with Crippen molar-refractivity contribution in [2.24, 2.45) is 0 Å². The van der Waals surface area contributed by atoms with Gasteiger partial charge in [0.15, 0.2) is 0 Å². The van der Waals surface area contributed by atoms with Crippen molar-refractivity contribution in [1.29, 1.82) is 0 Å². The number of nitrogens with zero attached hydrogens (tertiary/aromatic N) is 4. The number of aromatic nitrogens is 4. The topological polar surface area (TPSA) is 84.0 Å². The van der Waals surface area contributed by atoms with E-state index in [0.717, 1.165) is 5.56 Å². The number of aromatic amines is 1. The third-order valence-corrected chi connectivity index (χ3v) is 4.04. The first-order valence-corrected chi connectivity index (χ1v) is 7.19. The van der Waals surface area contributed by atoms with Gasteiger partial charge in [-0.3, -0.25) is 4.79 Å². The average molecular weight is 293 g/mol. The fourth-order valence-electron chi connectivity index (χ4n) is 2.20. The predicted octanol–water partition coefficient (Wildman–Crippen LogP) is 1.18. The number of carbonyl (C=O) groups excluding carboxylic acids is 1. The third kappa shape index (κ3) is 2.56. The molecule has 7 nitrogen and oxygen atoms in total. The van der Waals surface area contributed by atoms with E-state index in [1.54, 1.807) is 6.07 Å². The van der Waals surface area contributed by atoms with Crippen LogP contribution in [0.2, 0.25) is 0 Å². The van der Waals surface area contributed by atoms with Crippen LogP contribution in [0.5, 0.6) is 0 Å². The van der Waals surface area contributed by atoms with E-state index in [4.69, 9.17) is 4.74 Å². The molecule has 0 radical (unpaired) electrons. The normalized spacial score (nSPS) is 18.2. The fourth-order valence-corrected chi connectivity index (χ4v) is 3.05. The summed E-state index contributed by atoms with van der Waals surface area (Å²) in [7, 11) is 0. The third-order valence-electron chi connectivity index (χ3n) is 3.13. The van der Waals surface area contributed by atoms with Gasteiger partial charge in [0, 0.05) is 24.0 Å². The average Bonchev–Trinajstić information content (AvgIpc) is 3.07. The number of carbonyl (C=O) groups is 1. The van der Waals surface area contributed by atoms with Gasteiger partial charge in [0.1, 0.15) is 0 Å². The number of morpholine rings is 1. The fraction of sp³-hybridized carbons (Fsp3) is 0.500. The molecule has 0 aromatic carbocycles. The Balaban J connectivity index is 1.78. The lowest BCUT2D eigenvalue weighted by Crippen LogP contribution is -2.50. The summed E-state index contributed by atoms with van der Waals surface area (Å²) >= 11 is 1.40. The highest BCUT2D eigenvalue weighted by Gasteiger charge is 2.31. The lowest BCUT2D eigenvalue weighted by atomic mass is 10.1. The molecular weight excluding hydrogens is 278 g/mol. The summed E-state index contributed by atoms with van der Waals surface area (Å²) < 4.78 is 5.62. The Morgan fingerprint density at radius 1 is 1.55 bits per heavy atom. The predicted molar refractivity (Wildman–Crippen MR) is 73.4 cm³/mol. The van der Waals surface area contributed by atoms with E-state index < -0.39 is 0 Å². The molecule has 1 aliphatic heterocycles. The van der Waals surface area contributed by atoms with E-state index in [1.165, 1.54) is 11.3 Å². The van der Waals surface area contributed by atoms with Gasteiger partial charge in [-0.1, -0.05) is 0 Å². The zero-order valence-electron chi connectivity index (χ0n) is 11.3. The quantitative estimate of drug-likeness (QED) is 0.899. The van der Waals surface area contributed by atoms with Crippen molar-refractivity contribution < 1.29 is 9.53 Å². The minimum atomic E-state index is -0.290. The van der Waals surface area contributed by atoms with Crippen LogP contribution in [0.25, 0.3) is 11.4 Å². The summed E-state index contributed by atoms with van der Waals surface area (Å²) in [6.07, 6.45) is 0. The molecular formula is C12H15N5O2S. The largest absolute Gasteiger partial charge is 0.372 e. The summed E-state index contributed by atoms with van der Waals surface area (Å²) in [5.74, 6) is 0.531. The molecule has 0 bridgehead atoms. The summed E-state index contributed by atoms with van der Waals surface area (Å²) in [6.45, 7) is 5.78. The van der Waals surface area contributed by atoms with Crippen LogP contribution in [0.4, 0.5) is 0 Å². The summed E-state index contributed by atoms with van der Waals surface area (Å²) in [6, 6.07) is 1.81. The van der Waals surface area contributed by atoms with Crippen molar-refractivity contribution in [3.8, 4) is 11.4 Å². The zero-order chi connectivity index (χ0) is 14.2. The smallest absolute Gasteiger partial charge is 0.264 e. The number of hydrogen-bond donors (Lipinski definition) is 1. The molecule has 20 heavy (non-hydrogen) atoms. The molecule has 1 N–H and O–H groups in total. The van der Waals surface area contributed by atoms with Gasteiger partial charge in [0.05, 0.1) is 17.1 Å². The molecule has 2 aromatic heterocycles. The van der Waals surface area contributed by atoms with Gasteiger partial charge in [-0.2, -0.15) is 5.21 Å². The van der Waals surface area contributed by atoms with Crippen molar-refractivity contribution in [3.63, 3.8) is 0 Å². The van der Waals surface area contributed by atoms with E-state index in [1.807, 2.05) is 24.1 Å². The Morgan fingerprint density at radius 2 is 2.40 bits per heavy atom. The van der Waals surface area contributed by atoms with Gasteiger partial charge in [0.25, 0.3) is 5.91 Å². The summed E-state index contributed by atoms with van der Waals surface area (Å²) in [4.78, 5) is 15.0. The van der Waals surface area contributed by atoms with Crippen LogP contribution in [0, 0.1) is 0 Å². The van der Waals surface area contributed by atoms with Crippen molar-refractivity contribution in [3.05, 3.63) is 16.3 Å². The number of amides is 1. The van der Waals surface area contributed by atoms with Gasteiger partial charge in [-0.15, -0.1) is 21.5 Å². The van der Waals surface area contributed by atoms with Crippen LogP contribution < -0.4 is 0 Å². The number of tetrazole rings is 1. The number of hydrogen-bond acceptors (Lipinski definition) is 6. The molecule has 1 fully saturated rings. The van der Waals surface area contributed by atoms with Gasteiger partial charge < -0.3 is 9.64 Å². The molecule has 3 rings (SSSR count). The van der Waals surface area contributed by atoms with Crippen molar-refractivity contribution in [2.75, 3.05) is 19.7 Å². The van der Waals surface area contributed by atoms with Crippen LogP contribution in [-0.4, -0.2) is 56.7 Å². The second kappa shape index (κ2) is 4.95. The van der Waals surface area contributed by atoms with Gasteiger partial charge in [0.2, 0.25) is 5.82 Å². The SMILES string of the molecule is CC1(C)CN(C(=O)c2cc(-c3nn[nH]n3)cs2)CCO1. The first-order valence-electron chi connectivity index (χ1n) is 6.31. The van der Waals surface area contributed by atoms with Crippen molar-refractivity contribution in [2.45, 2.75) is 19.4 Å². The van der Waals surface area contributed by atoms with Gasteiger partial charge in [-0.05, 0) is 25.1 Å². The molecule has 0 unspecified atom stereocenters. The molecule has 0 aliphatic carbocycles. The van der Waals surface area contributed by atoms with E-state index in [9.17, 15) is 4.79 Å². The van der Waals surface area contributed by atoms with Gasteiger partial charge >= 0.3 is 0 Å². The minimum Gasteiger partial charge on any atom is -0.372 e. The number of H-pyrrole nitrogens is 1. The molecule has 0 spiro atoms. The van der Waals surface area contributed by atoms with Crippen LogP contribution in [0.1, 0.15) is 23.5 Å². The lowest BCUT2D eigenvalue weighted by molar-refractivity contribution is -0.0763. The molecule has 1 amide bonds. The first kappa shape index (κ1) is 13.2. The van der Waals surface area contributed by atoms with E-state index in [-0.39, 0.29) is 11.5 Å². The van der Waals surface area contributed by atoms with Crippen LogP contribution in [0.3, 0.4) is 0 Å². The Hall–Kier alpha value is -1.80. The first-order chi connectivity index (χ1) is 9.55. The molecule has 1 aliphatic rings. The van der Waals surface area contributed by atoms with Crippen molar-refractivity contribution >= 4 is 17.2 Å². The Kier molecular flexibility index (Phi) is 3.27. The zero-order valence-corrected chi connectivity index (χ0v) is 12.1. The minimum absolute atomic E-state index is 0.0288. The Bertz CT molecular complexity index is 607. The van der Waals surface area contributed by atoms with Crippen molar-refractivity contribution in [1.82, 2.24) is 25.5 Å². The van der Waals surface area contributed by atoms with Gasteiger partial charge in [-0.25, -0.2) is 0 Å². The second-order valence-corrected chi connectivity index (χ2v) is 6.18. The van der Waals surface area contributed by atoms with Crippen LogP contribution in [0.15, 0.2) is 11.4 Å². The van der Waals surface area contributed by atoms with E-state index >= 15 is 0 Å². The molecule has 106 valence electrons. The number of rotatable bonds is 2. The maximum atomic E-state index is 12.5. The highest BCUT2D eigenvalue weighted by atomic mass is 32.1. The molecule has 8 heteroatoms. The number of thiophene rings is 1. The van der Waals surface area contributed by atoms with Crippen LogP contribution in [-0.2, 0) is 4.74 Å². The second-order valence-electron chi connectivity index (χ2n) is 5.27. The maximum Gasteiger partial charge on any atom is 0.264 e. The van der Waals surface area contributed by atoms with E-state index in [0.29, 0.717) is 30.4 Å². The van der Waals surface area contributed by atoms with E-state index in [2.05, 4.69) is 20.6 Å².